The number of nitriles is 1. The molecule has 2 aromatic rings. The minimum atomic E-state index is -0.413. The predicted octanol–water partition coefficient (Wildman–Crippen LogP) is 3.64. The highest BCUT2D eigenvalue weighted by molar-refractivity contribution is 5.88. The van der Waals surface area contributed by atoms with Crippen molar-refractivity contribution in [3.8, 4) is 11.8 Å². The second-order valence-electron chi connectivity index (χ2n) is 5.68. The van der Waals surface area contributed by atoms with Gasteiger partial charge in [-0.25, -0.2) is 0 Å². The van der Waals surface area contributed by atoms with Gasteiger partial charge in [-0.2, -0.15) is 5.26 Å². The maximum atomic E-state index is 9.44. The highest BCUT2D eigenvalue weighted by Gasteiger charge is 2.40. The zero-order valence-corrected chi connectivity index (χ0v) is 12.3. The number of ether oxygens (including phenoxy) is 1. The third kappa shape index (κ3) is 2.72. The number of nitrogens with one attached hydrogen (secondary N) is 1. The summed E-state index contributed by atoms with van der Waals surface area (Å²) in [5.74, 6) is 0.920. The topological polar surface area (TPSA) is 45.0 Å². The molecule has 0 amide bonds. The zero-order valence-electron chi connectivity index (χ0n) is 12.3. The molecule has 0 saturated heterocycles. The molecule has 3 rings (SSSR count). The molecular weight excluding hydrogens is 260 g/mol. The fourth-order valence-electron chi connectivity index (χ4n) is 3.22. The van der Waals surface area contributed by atoms with E-state index >= 15 is 0 Å². The van der Waals surface area contributed by atoms with Crippen LogP contribution in [0.3, 0.4) is 0 Å². The largest absolute Gasteiger partial charge is 0.490 e. The number of fused-ring (bicyclic) bond motifs is 1. The lowest BCUT2D eigenvalue weighted by atomic mass is 10.00. The summed E-state index contributed by atoms with van der Waals surface area (Å²) >= 11 is 0. The first-order chi connectivity index (χ1) is 10.3. The van der Waals surface area contributed by atoms with Crippen LogP contribution < -0.4 is 10.1 Å². The van der Waals surface area contributed by atoms with Gasteiger partial charge in [-0.1, -0.05) is 43.3 Å². The van der Waals surface area contributed by atoms with E-state index in [1.165, 1.54) is 5.39 Å². The Hall–Kier alpha value is -2.05. The summed E-state index contributed by atoms with van der Waals surface area (Å²) in [7, 11) is 0. The van der Waals surface area contributed by atoms with Crippen LogP contribution in [0.15, 0.2) is 42.5 Å². The Morgan fingerprint density at radius 1 is 1.29 bits per heavy atom. The number of nitrogens with zero attached hydrogens (tertiary/aromatic N) is 1. The quantitative estimate of drug-likeness (QED) is 0.930. The van der Waals surface area contributed by atoms with Crippen molar-refractivity contribution in [1.82, 2.24) is 5.32 Å². The molecule has 0 bridgehead atoms. The molecule has 0 aromatic heterocycles. The third-order valence-electron chi connectivity index (χ3n) is 4.24. The average Bonchev–Trinajstić information content (AvgIpc) is 2.92. The van der Waals surface area contributed by atoms with Crippen LogP contribution >= 0.6 is 0 Å². The number of hydrogen-bond donors (Lipinski definition) is 1. The van der Waals surface area contributed by atoms with E-state index in [0.29, 0.717) is 0 Å². The SMILES string of the molecule is CCNC1(C#N)CCC(Oc2cccc3ccccc23)C1. The highest BCUT2D eigenvalue weighted by atomic mass is 16.5. The molecule has 1 saturated carbocycles. The molecule has 1 fully saturated rings. The van der Waals surface area contributed by atoms with E-state index in [2.05, 4.69) is 29.6 Å². The fraction of sp³-hybridized carbons (Fsp3) is 0.389. The molecule has 21 heavy (non-hydrogen) atoms. The van der Waals surface area contributed by atoms with Crippen molar-refractivity contribution < 1.29 is 4.74 Å². The van der Waals surface area contributed by atoms with E-state index in [1.807, 2.05) is 31.2 Å². The standard InChI is InChI=1S/C18H20N2O/c1-2-20-18(13-19)11-10-15(12-18)21-17-9-5-7-14-6-3-4-8-16(14)17/h3-9,15,20H,2,10-12H2,1H3. The number of benzene rings is 2. The molecular formula is C18H20N2O. The van der Waals surface area contributed by atoms with Gasteiger partial charge in [0, 0.05) is 11.8 Å². The molecule has 0 aliphatic heterocycles. The van der Waals surface area contributed by atoms with Crippen LogP contribution in [0.25, 0.3) is 10.8 Å². The Balaban J connectivity index is 1.80. The van der Waals surface area contributed by atoms with E-state index < -0.39 is 5.54 Å². The van der Waals surface area contributed by atoms with E-state index in [1.54, 1.807) is 0 Å². The first-order valence-corrected chi connectivity index (χ1v) is 7.57. The highest BCUT2D eigenvalue weighted by Crippen LogP contribution is 2.34. The van der Waals surface area contributed by atoms with Gasteiger partial charge in [0.05, 0.1) is 6.07 Å². The minimum absolute atomic E-state index is 0.106. The Labute approximate surface area is 125 Å². The van der Waals surface area contributed by atoms with Gasteiger partial charge in [-0.05, 0) is 30.8 Å². The maximum absolute atomic E-state index is 9.44. The molecule has 108 valence electrons. The van der Waals surface area contributed by atoms with Crippen LogP contribution in [-0.4, -0.2) is 18.2 Å². The van der Waals surface area contributed by atoms with Crippen molar-refractivity contribution in [3.63, 3.8) is 0 Å². The number of hydrogen-bond acceptors (Lipinski definition) is 3. The van der Waals surface area contributed by atoms with E-state index in [-0.39, 0.29) is 6.10 Å². The lowest BCUT2D eigenvalue weighted by Crippen LogP contribution is -2.42. The van der Waals surface area contributed by atoms with Crippen LogP contribution in [-0.2, 0) is 0 Å². The lowest BCUT2D eigenvalue weighted by molar-refractivity contribution is 0.204. The van der Waals surface area contributed by atoms with Crippen molar-refractivity contribution in [2.45, 2.75) is 37.8 Å². The molecule has 2 aromatic carbocycles. The molecule has 2 unspecified atom stereocenters. The molecule has 0 spiro atoms. The van der Waals surface area contributed by atoms with E-state index in [9.17, 15) is 5.26 Å². The zero-order chi connectivity index (χ0) is 14.7. The lowest BCUT2D eigenvalue weighted by Gasteiger charge is -2.22. The van der Waals surface area contributed by atoms with Crippen molar-refractivity contribution in [1.29, 1.82) is 5.26 Å². The van der Waals surface area contributed by atoms with E-state index in [0.717, 1.165) is 36.9 Å². The second-order valence-corrected chi connectivity index (χ2v) is 5.68. The van der Waals surface area contributed by atoms with Crippen LogP contribution in [0.2, 0.25) is 0 Å². The minimum Gasteiger partial charge on any atom is -0.490 e. The fourth-order valence-corrected chi connectivity index (χ4v) is 3.22. The van der Waals surface area contributed by atoms with Crippen LogP contribution in [0.1, 0.15) is 26.2 Å². The van der Waals surface area contributed by atoms with Gasteiger partial charge in [-0.3, -0.25) is 5.32 Å². The summed E-state index contributed by atoms with van der Waals surface area (Å²) in [6.07, 6.45) is 2.63. The summed E-state index contributed by atoms with van der Waals surface area (Å²) in [6.45, 7) is 2.85. The molecule has 3 heteroatoms. The van der Waals surface area contributed by atoms with Crippen LogP contribution in [0.5, 0.6) is 5.75 Å². The second kappa shape index (κ2) is 5.75. The molecule has 0 radical (unpaired) electrons. The Bertz CT molecular complexity index is 671. The van der Waals surface area contributed by atoms with Crippen molar-refractivity contribution >= 4 is 10.8 Å². The predicted molar refractivity (Wildman–Crippen MR) is 84.2 cm³/mol. The van der Waals surface area contributed by atoms with Crippen molar-refractivity contribution in [2.75, 3.05) is 6.54 Å². The first kappa shape index (κ1) is 13.9. The molecule has 1 aliphatic rings. The van der Waals surface area contributed by atoms with Crippen molar-refractivity contribution in [2.24, 2.45) is 0 Å². The van der Waals surface area contributed by atoms with E-state index in [4.69, 9.17) is 4.74 Å². The van der Waals surface area contributed by atoms with Crippen LogP contribution in [0.4, 0.5) is 0 Å². The van der Waals surface area contributed by atoms with Gasteiger partial charge >= 0.3 is 0 Å². The molecule has 1 aliphatic carbocycles. The summed E-state index contributed by atoms with van der Waals surface area (Å²) in [6, 6.07) is 16.8. The number of rotatable bonds is 4. The summed E-state index contributed by atoms with van der Waals surface area (Å²) in [4.78, 5) is 0. The summed E-state index contributed by atoms with van der Waals surface area (Å²) in [5.41, 5.74) is -0.413. The maximum Gasteiger partial charge on any atom is 0.127 e. The van der Waals surface area contributed by atoms with Crippen LogP contribution in [0, 0.1) is 11.3 Å². The van der Waals surface area contributed by atoms with Gasteiger partial charge < -0.3 is 4.74 Å². The summed E-state index contributed by atoms with van der Waals surface area (Å²) < 4.78 is 6.20. The molecule has 1 N–H and O–H groups in total. The van der Waals surface area contributed by atoms with Gasteiger partial charge in [0.1, 0.15) is 17.4 Å². The Kier molecular flexibility index (Phi) is 3.81. The van der Waals surface area contributed by atoms with Gasteiger partial charge in [0.2, 0.25) is 0 Å². The Morgan fingerprint density at radius 2 is 2.10 bits per heavy atom. The normalized spacial score (nSPS) is 24.9. The first-order valence-electron chi connectivity index (χ1n) is 7.57. The molecule has 2 atom stereocenters. The Morgan fingerprint density at radius 3 is 2.90 bits per heavy atom. The van der Waals surface area contributed by atoms with Gasteiger partial charge in [0.25, 0.3) is 0 Å². The third-order valence-corrected chi connectivity index (χ3v) is 4.24. The monoisotopic (exact) mass is 280 g/mol. The average molecular weight is 280 g/mol. The molecule has 0 heterocycles. The molecule has 3 nitrogen and oxygen atoms in total. The van der Waals surface area contributed by atoms with Crippen molar-refractivity contribution in [3.05, 3.63) is 42.5 Å². The smallest absolute Gasteiger partial charge is 0.127 e. The van der Waals surface area contributed by atoms with Gasteiger partial charge in [-0.15, -0.1) is 0 Å². The van der Waals surface area contributed by atoms with Gasteiger partial charge in [0.15, 0.2) is 0 Å². The summed E-state index contributed by atoms with van der Waals surface area (Å²) in [5, 5.41) is 15.1.